The summed E-state index contributed by atoms with van der Waals surface area (Å²) in [5, 5.41) is 9.70. The molecule has 0 atom stereocenters. The summed E-state index contributed by atoms with van der Waals surface area (Å²) in [5.41, 5.74) is 0. The molecule has 0 saturated heterocycles. The second-order valence-corrected chi connectivity index (χ2v) is 4.85. The molecule has 1 aliphatic carbocycles. The van der Waals surface area contributed by atoms with Crippen LogP contribution in [0.3, 0.4) is 0 Å². The Bertz CT molecular complexity index is 338. The molecule has 5 heteroatoms. The average Bonchev–Trinajstić information content (AvgIpc) is 2.38. The summed E-state index contributed by atoms with van der Waals surface area (Å²) < 4.78 is 0. The van der Waals surface area contributed by atoms with Gasteiger partial charge < -0.3 is 10.0 Å². The van der Waals surface area contributed by atoms with Crippen LogP contribution in [0, 0.1) is 0 Å². The highest BCUT2D eigenvalue weighted by atomic mass is 35.5. The van der Waals surface area contributed by atoms with E-state index < -0.39 is 0 Å². The number of aliphatic hydroxyl groups excluding tert-OH is 1. The van der Waals surface area contributed by atoms with E-state index in [-0.39, 0.29) is 6.61 Å². The zero-order chi connectivity index (χ0) is 12.1. The Kier molecular flexibility index (Phi) is 4.57. The number of hydrogen-bond donors (Lipinski definition) is 1. The number of nitrogens with zero attached hydrogens (tertiary/aromatic N) is 3. The van der Waals surface area contributed by atoms with Crippen LogP contribution in [0.2, 0.25) is 5.02 Å². The number of aliphatic hydroxyl groups is 1. The summed E-state index contributed by atoms with van der Waals surface area (Å²) in [5.74, 6) is 0.676. The van der Waals surface area contributed by atoms with Gasteiger partial charge in [0.15, 0.2) is 0 Å². The predicted molar refractivity (Wildman–Crippen MR) is 68.3 cm³/mol. The minimum absolute atomic E-state index is 0.127. The number of rotatable bonds is 4. The van der Waals surface area contributed by atoms with E-state index in [0.29, 0.717) is 23.6 Å². The summed E-state index contributed by atoms with van der Waals surface area (Å²) in [6.45, 7) is 0.717. The normalized spacial score (nSPS) is 17.1. The van der Waals surface area contributed by atoms with Gasteiger partial charge in [0.2, 0.25) is 5.95 Å². The van der Waals surface area contributed by atoms with Gasteiger partial charge in [0.25, 0.3) is 0 Å². The topological polar surface area (TPSA) is 49.2 Å². The lowest BCUT2D eigenvalue weighted by Gasteiger charge is -2.33. The number of halogens is 1. The first-order valence-corrected chi connectivity index (χ1v) is 6.54. The third-order valence-corrected chi connectivity index (χ3v) is 3.42. The molecule has 1 aromatic heterocycles. The molecule has 0 aromatic carbocycles. The molecule has 0 aliphatic heterocycles. The molecule has 0 unspecified atom stereocenters. The Balaban J connectivity index is 2.12. The van der Waals surface area contributed by atoms with E-state index in [2.05, 4.69) is 14.9 Å². The average molecular weight is 256 g/mol. The first-order chi connectivity index (χ1) is 8.31. The molecule has 1 heterocycles. The summed E-state index contributed by atoms with van der Waals surface area (Å²) in [4.78, 5) is 10.6. The van der Waals surface area contributed by atoms with E-state index in [1.807, 2.05) is 0 Å². The molecule has 0 spiro atoms. The van der Waals surface area contributed by atoms with Gasteiger partial charge in [0, 0.05) is 12.6 Å². The molecule has 0 bridgehead atoms. The highest BCUT2D eigenvalue weighted by molar-refractivity contribution is 6.30. The molecule has 1 N–H and O–H groups in total. The van der Waals surface area contributed by atoms with Crippen LogP contribution >= 0.6 is 11.6 Å². The molecular weight excluding hydrogens is 238 g/mol. The van der Waals surface area contributed by atoms with Crippen LogP contribution in [-0.2, 0) is 0 Å². The summed E-state index contributed by atoms with van der Waals surface area (Å²) >= 11 is 5.79. The fourth-order valence-electron chi connectivity index (χ4n) is 2.40. The lowest BCUT2D eigenvalue weighted by molar-refractivity contribution is 0.288. The van der Waals surface area contributed by atoms with Crippen LogP contribution in [-0.4, -0.2) is 34.3 Å². The third-order valence-electron chi connectivity index (χ3n) is 3.22. The van der Waals surface area contributed by atoms with Crippen molar-refractivity contribution in [1.29, 1.82) is 0 Å². The monoisotopic (exact) mass is 255 g/mol. The van der Waals surface area contributed by atoms with Crippen molar-refractivity contribution in [3.8, 4) is 0 Å². The number of anilines is 1. The van der Waals surface area contributed by atoms with Crippen molar-refractivity contribution in [3.63, 3.8) is 0 Å². The standard InChI is InChI=1S/C12H18ClN3O/c13-10-8-14-12(15-9-10)16(6-7-17)11-4-2-1-3-5-11/h8-9,11,17H,1-7H2. The minimum atomic E-state index is 0.127. The van der Waals surface area contributed by atoms with E-state index in [9.17, 15) is 0 Å². The number of hydrogen-bond acceptors (Lipinski definition) is 4. The molecule has 4 nitrogen and oxygen atoms in total. The number of aromatic nitrogens is 2. The predicted octanol–water partition coefficient (Wildman–Crippen LogP) is 2.26. The first-order valence-electron chi connectivity index (χ1n) is 6.16. The quantitative estimate of drug-likeness (QED) is 0.897. The Morgan fingerprint density at radius 1 is 1.24 bits per heavy atom. The highest BCUT2D eigenvalue weighted by Gasteiger charge is 2.22. The lowest BCUT2D eigenvalue weighted by Crippen LogP contribution is -2.39. The van der Waals surface area contributed by atoms with Crippen molar-refractivity contribution in [2.45, 2.75) is 38.1 Å². The van der Waals surface area contributed by atoms with E-state index >= 15 is 0 Å². The fraction of sp³-hybridized carbons (Fsp3) is 0.667. The zero-order valence-electron chi connectivity index (χ0n) is 9.85. The van der Waals surface area contributed by atoms with E-state index in [1.54, 1.807) is 12.4 Å². The summed E-state index contributed by atoms with van der Waals surface area (Å²) in [6.07, 6.45) is 9.34. The van der Waals surface area contributed by atoms with Crippen molar-refractivity contribution >= 4 is 17.5 Å². The van der Waals surface area contributed by atoms with Crippen molar-refractivity contribution in [3.05, 3.63) is 17.4 Å². The van der Waals surface area contributed by atoms with Gasteiger partial charge in [-0.15, -0.1) is 0 Å². The summed E-state index contributed by atoms with van der Waals surface area (Å²) in [7, 11) is 0. The largest absolute Gasteiger partial charge is 0.395 e. The van der Waals surface area contributed by atoms with E-state index in [0.717, 1.165) is 12.8 Å². The first kappa shape index (κ1) is 12.6. The molecule has 1 saturated carbocycles. The van der Waals surface area contributed by atoms with Gasteiger partial charge in [0.05, 0.1) is 24.0 Å². The molecular formula is C12H18ClN3O. The van der Waals surface area contributed by atoms with Crippen molar-refractivity contribution in [1.82, 2.24) is 9.97 Å². The highest BCUT2D eigenvalue weighted by Crippen LogP contribution is 2.25. The van der Waals surface area contributed by atoms with Gasteiger partial charge in [-0.25, -0.2) is 9.97 Å². The minimum Gasteiger partial charge on any atom is -0.395 e. The smallest absolute Gasteiger partial charge is 0.225 e. The van der Waals surface area contributed by atoms with Gasteiger partial charge in [-0.3, -0.25) is 0 Å². The molecule has 0 amide bonds. The second-order valence-electron chi connectivity index (χ2n) is 4.41. The van der Waals surface area contributed by atoms with Crippen LogP contribution < -0.4 is 4.90 Å². The molecule has 17 heavy (non-hydrogen) atoms. The van der Waals surface area contributed by atoms with E-state index in [4.69, 9.17) is 16.7 Å². The Morgan fingerprint density at radius 2 is 1.88 bits per heavy atom. The van der Waals surface area contributed by atoms with Crippen LogP contribution in [0.4, 0.5) is 5.95 Å². The molecule has 0 radical (unpaired) electrons. The van der Waals surface area contributed by atoms with Crippen LogP contribution in [0.5, 0.6) is 0 Å². The third kappa shape index (κ3) is 3.30. The van der Waals surface area contributed by atoms with Gasteiger partial charge in [-0.05, 0) is 12.8 Å². The van der Waals surface area contributed by atoms with Gasteiger partial charge in [-0.1, -0.05) is 30.9 Å². The van der Waals surface area contributed by atoms with Gasteiger partial charge in [-0.2, -0.15) is 0 Å². The Labute approximate surface area is 107 Å². The van der Waals surface area contributed by atoms with Crippen molar-refractivity contribution in [2.75, 3.05) is 18.1 Å². The maximum absolute atomic E-state index is 9.16. The maximum atomic E-state index is 9.16. The van der Waals surface area contributed by atoms with Gasteiger partial charge >= 0.3 is 0 Å². The van der Waals surface area contributed by atoms with Crippen LogP contribution in [0.25, 0.3) is 0 Å². The Morgan fingerprint density at radius 3 is 2.47 bits per heavy atom. The maximum Gasteiger partial charge on any atom is 0.225 e. The van der Waals surface area contributed by atoms with Crippen molar-refractivity contribution < 1.29 is 5.11 Å². The van der Waals surface area contributed by atoms with Crippen LogP contribution in [0.15, 0.2) is 12.4 Å². The fourth-order valence-corrected chi connectivity index (χ4v) is 2.50. The van der Waals surface area contributed by atoms with Gasteiger partial charge in [0.1, 0.15) is 0 Å². The molecule has 1 aromatic rings. The molecule has 1 aliphatic rings. The molecule has 94 valence electrons. The molecule has 2 rings (SSSR count). The SMILES string of the molecule is OCCN(c1ncc(Cl)cn1)C1CCCCC1. The van der Waals surface area contributed by atoms with E-state index in [1.165, 1.54) is 19.3 Å². The van der Waals surface area contributed by atoms with Crippen molar-refractivity contribution in [2.24, 2.45) is 0 Å². The Hall–Kier alpha value is -0.870. The summed E-state index contributed by atoms with van der Waals surface area (Å²) in [6, 6.07) is 0.456. The molecule has 1 fully saturated rings. The van der Waals surface area contributed by atoms with Crippen LogP contribution in [0.1, 0.15) is 32.1 Å². The second kappa shape index (κ2) is 6.17. The lowest BCUT2D eigenvalue weighted by atomic mass is 9.94. The zero-order valence-corrected chi connectivity index (χ0v) is 10.6.